The van der Waals surface area contributed by atoms with Crippen LogP contribution in [0.4, 0.5) is 0 Å². The zero-order chi connectivity index (χ0) is 12.8. The second-order valence-corrected chi connectivity index (χ2v) is 6.37. The Bertz CT molecular complexity index is 342. The van der Waals surface area contributed by atoms with E-state index in [2.05, 4.69) is 35.2 Å². The van der Waals surface area contributed by atoms with Gasteiger partial charge in [0, 0.05) is 6.54 Å². The topological polar surface area (TPSA) is 24.1 Å². The minimum Gasteiger partial charge on any atom is -0.316 e. The molecule has 1 aliphatic heterocycles. The summed E-state index contributed by atoms with van der Waals surface area (Å²) in [5.41, 5.74) is 2.89. The van der Waals surface area contributed by atoms with Crippen LogP contribution in [-0.4, -0.2) is 19.6 Å². The molecule has 2 nitrogen and oxygen atoms in total. The zero-order valence-corrected chi connectivity index (χ0v) is 12.5. The summed E-state index contributed by atoms with van der Waals surface area (Å²) in [6.07, 6.45) is 4.07. The largest absolute Gasteiger partial charge is 0.316 e. The van der Waals surface area contributed by atoms with Gasteiger partial charge in [-0.15, -0.1) is 0 Å². The fourth-order valence-electron chi connectivity index (χ4n) is 2.72. The molecule has 2 heterocycles. The van der Waals surface area contributed by atoms with Gasteiger partial charge < -0.3 is 10.6 Å². The van der Waals surface area contributed by atoms with Crippen molar-refractivity contribution in [1.82, 2.24) is 10.6 Å². The third kappa shape index (κ3) is 4.08. The molecule has 0 radical (unpaired) electrons. The van der Waals surface area contributed by atoms with E-state index in [0.717, 1.165) is 24.9 Å². The van der Waals surface area contributed by atoms with Gasteiger partial charge in [0.1, 0.15) is 0 Å². The van der Waals surface area contributed by atoms with Crippen LogP contribution in [0, 0.1) is 18.8 Å². The molecule has 0 saturated carbocycles. The van der Waals surface area contributed by atoms with E-state index in [1.807, 2.05) is 0 Å². The molecule has 2 rings (SSSR count). The van der Waals surface area contributed by atoms with E-state index in [4.69, 9.17) is 0 Å². The van der Waals surface area contributed by atoms with Crippen molar-refractivity contribution in [3.05, 3.63) is 21.9 Å². The Labute approximate surface area is 115 Å². The maximum absolute atomic E-state index is 3.58. The van der Waals surface area contributed by atoms with Crippen LogP contribution in [0.2, 0.25) is 0 Å². The number of hydrogen-bond acceptors (Lipinski definition) is 3. The van der Waals surface area contributed by atoms with Crippen LogP contribution in [0.3, 0.4) is 0 Å². The first-order valence-electron chi connectivity index (χ1n) is 7.20. The molecular weight excluding hydrogens is 240 g/mol. The van der Waals surface area contributed by atoms with E-state index < -0.39 is 0 Å². The van der Waals surface area contributed by atoms with Gasteiger partial charge in [0.05, 0.1) is 0 Å². The Morgan fingerprint density at radius 2 is 2.39 bits per heavy atom. The van der Waals surface area contributed by atoms with Gasteiger partial charge in [0.2, 0.25) is 0 Å². The first kappa shape index (κ1) is 14.0. The molecular formula is C15H26N2S. The molecule has 0 spiro atoms. The van der Waals surface area contributed by atoms with Gasteiger partial charge in [0.25, 0.3) is 0 Å². The van der Waals surface area contributed by atoms with Crippen molar-refractivity contribution in [2.24, 2.45) is 11.8 Å². The van der Waals surface area contributed by atoms with Gasteiger partial charge in [-0.05, 0) is 79.5 Å². The number of nitrogens with one attached hydrogen (secondary N) is 2. The fourth-order valence-corrected chi connectivity index (χ4v) is 3.58. The average Bonchev–Trinajstić information content (AvgIpc) is 2.81. The normalized spacial score (nSPS) is 22.0. The highest BCUT2D eigenvalue weighted by Crippen LogP contribution is 2.22. The molecule has 1 aliphatic rings. The molecule has 2 unspecified atom stereocenters. The standard InChI is InChI=1S/C15H26N2S/c1-12(14-4-3-6-16-8-14)5-7-17-9-15-11-18-10-13(15)2/h10-12,14,16-17H,3-9H2,1-2H3. The average molecular weight is 266 g/mol. The summed E-state index contributed by atoms with van der Waals surface area (Å²) in [7, 11) is 0. The van der Waals surface area contributed by atoms with E-state index in [1.54, 1.807) is 11.3 Å². The highest BCUT2D eigenvalue weighted by Gasteiger charge is 2.19. The van der Waals surface area contributed by atoms with Crippen LogP contribution in [0.25, 0.3) is 0 Å². The molecule has 18 heavy (non-hydrogen) atoms. The molecule has 1 aromatic rings. The fraction of sp³-hybridized carbons (Fsp3) is 0.733. The first-order valence-corrected chi connectivity index (χ1v) is 8.14. The molecule has 3 heteroatoms. The Morgan fingerprint density at radius 3 is 3.06 bits per heavy atom. The van der Waals surface area contributed by atoms with Crippen LogP contribution < -0.4 is 10.6 Å². The zero-order valence-electron chi connectivity index (χ0n) is 11.7. The summed E-state index contributed by atoms with van der Waals surface area (Å²) in [6.45, 7) is 9.24. The molecule has 102 valence electrons. The highest BCUT2D eigenvalue weighted by atomic mass is 32.1. The Hall–Kier alpha value is -0.380. The van der Waals surface area contributed by atoms with Crippen molar-refractivity contribution >= 4 is 11.3 Å². The van der Waals surface area contributed by atoms with Crippen LogP contribution in [-0.2, 0) is 6.54 Å². The van der Waals surface area contributed by atoms with E-state index >= 15 is 0 Å². The van der Waals surface area contributed by atoms with Gasteiger partial charge in [-0.25, -0.2) is 0 Å². The minimum absolute atomic E-state index is 0.842. The van der Waals surface area contributed by atoms with Crippen molar-refractivity contribution < 1.29 is 0 Å². The Morgan fingerprint density at radius 1 is 1.50 bits per heavy atom. The number of rotatable bonds is 6. The van der Waals surface area contributed by atoms with Gasteiger partial charge >= 0.3 is 0 Å². The molecule has 0 aliphatic carbocycles. The molecule has 2 atom stereocenters. The van der Waals surface area contributed by atoms with E-state index in [1.165, 1.54) is 43.5 Å². The highest BCUT2D eigenvalue weighted by molar-refractivity contribution is 7.08. The SMILES string of the molecule is Cc1cscc1CNCCC(C)C1CCCNC1. The van der Waals surface area contributed by atoms with Crippen LogP contribution in [0.15, 0.2) is 10.8 Å². The lowest BCUT2D eigenvalue weighted by molar-refractivity contribution is 0.266. The molecule has 1 saturated heterocycles. The predicted octanol–water partition coefficient (Wildman–Crippen LogP) is 3.17. The van der Waals surface area contributed by atoms with Crippen LogP contribution >= 0.6 is 11.3 Å². The lowest BCUT2D eigenvalue weighted by atomic mass is 9.85. The van der Waals surface area contributed by atoms with Crippen molar-refractivity contribution in [2.75, 3.05) is 19.6 Å². The molecule has 1 aromatic heterocycles. The molecule has 0 amide bonds. The molecule has 2 N–H and O–H groups in total. The summed E-state index contributed by atoms with van der Waals surface area (Å²) in [5, 5.41) is 11.6. The Balaban J connectivity index is 1.61. The quantitative estimate of drug-likeness (QED) is 0.773. The van der Waals surface area contributed by atoms with Gasteiger partial charge in [-0.1, -0.05) is 6.92 Å². The van der Waals surface area contributed by atoms with Gasteiger partial charge in [0.15, 0.2) is 0 Å². The minimum atomic E-state index is 0.842. The van der Waals surface area contributed by atoms with Crippen molar-refractivity contribution in [1.29, 1.82) is 0 Å². The van der Waals surface area contributed by atoms with Crippen LogP contribution in [0.1, 0.15) is 37.3 Å². The second-order valence-electron chi connectivity index (χ2n) is 5.63. The maximum atomic E-state index is 3.58. The number of thiophene rings is 1. The van der Waals surface area contributed by atoms with Crippen molar-refractivity contribution in [2.45, 2.75) is 39.7 Å². The smallest absolute Gasteiger partial charge is 0.0216 e. The van der Waals surface area contributed by atoms with Crippen LogP contribution in [0.5, 0.6) is 0 Å². The monoisotopic (exact) mass is 266 g/mol. The molecule has 0 bridgehead atoms. The second kappa shape index (κ2) is 7.27. The summed E-state index contributed by atoms with van der Waals surface area (Å²) in [5.74, 6) is 1.73. The number of piperidine rings is 1. The number of hydrogen-bond donors (Lipinski definition) is 2. The lowest BCUT2D eigenvalue weighted by Gasteiger charge is -2.28. The predicted molar refractivity (Wildman–Crippen MR) is 80.1 cm³/mol. The van der Waals surface area contributed by atoms with E-state index in [-0.39, 0.29) is 0 Å². The first-order chi connectivity index (χ1) is 8.77. The third-order valence-electron chi connectivity index (χ3n) is 4.19. The van der Waals surface area contributed by atoms with E-state index in [9.17, 15) is 0 Å². The third-order valence-corrected chi connectivity index (χ3v) is 5.10. The van der Waals surface area contributed by atoms with Gasteiger partial charge in [-0.3, -0.25) is 0 Å². The summed E-state index contributed by atoms with van der Waals surface area (Å²) >= 11 is 1.81. The summed E-state index contributed by atoms with van der Waals surface area (Å²) < 4.78 is 0. The Kier molecular flexibility index (Phi) is 5.67. The van der Waals surface area contributed by atoms with Crippen molar-refractivity contribution in [3.63, 3.8) is 0 Å². The summed E-state index contributed by atoms with van der Waals surface area (Å²) in [4.78, 5) is 0. The van der Waals surface area contributed by atoms with Crippen molar-refractivity contribution in [3.8, 4) is 0 Å². The van der Waals surface area contributed by atoms with E-state index in [0.29, 0.717) is 0 Å². The number of aryl methyl sites for hydroxylation is 1. The van der Waals surface area contributed by atoms with Gasteiger partial charge in [-0.2, -0.15) is 11.3 Å². The maximum Gasteiger partial charge on any atom is 0.0216 e. The lowest BCUT2D eigenvalue weighted by Crippen LogP contribution is -2.34. The summed E-state index contributed by atoms with van der Waals surface area (Å²) in [6, 6.07) is 0. The molecule has 1 fully saturated rings. The molecule has 0 aromatic carbocycles.